The van der Waals surface area contributed by atoms with Gasteiger partial charge in [-0.05, 0) is 40.7 Å². The van der Waals surface area contributed by atoms with Crippen molar-refractivity contribution in [2.45, 2.75) is 64.6 Å². The Labute approximate surface area is 161 Å². The van der Waals surface area contributed by atoms with E-state index in [1.54, 1.807) is 20.8 Å². The number of halogens is 3. The molecule has 1 rings (SSSR count). The summed E-state index contributed by atoms with van der Waals surface area (Å²) in [6.07, 6.45) is -2.79. The van der Waals surface area contributed by atoms with Gasteiger partial charge in [-0.1, -0.05) is 0 Å². The molecule has 0 saturated carbocycles. The third-order valence-corrected chi connectivity index (χ3v) is 4.25. The minimum atomic E-state index is -4.25. The minimum absolute atomic E-state index is 0.0238. The van der Waals surface area contributed by atoms with E-state index >= 15 is 0 Å². The molecule has 0 unspecified atom stereocenters. The second-order valence-electron chi connectivity index (χ2n) is 7.56. The first-order valence-electron chi connectivity index (χ1n) is 8.73. The number of carbonyl (C=O) groups excluding carboxylic acids is 2. The lowest BCUT2D eigenvalue weighted by atomic mass is 9.86. The molecular weight excluding hydrogens is 377 g/mol. The Morgan fingerprint density at radius 1 is 1.25 bits per heavy atom. The number of carbonyl (C=O) groups is 2. The van der Waals surface area contributed by atoms with Gasteiger partial charge in [-0.25, -0.2) is 4.98 Å². The number of alkyl halides is 3. The summed E-state index contributed by atoms with van der Waals surface area (Å²) in [5.41, 5.74) is 4.09. The highest BCUT2D eigenvalue weighted by atomic mass is 19.4. The average molecular weight is 404 g/mol. The van der Waals surface area contributed by atoms with Crippen molar-refractivity contribution in [2.75, 3.05) is 6.54 Å². The summed E-state index contributed by atoms with van der Waals surface area (Å²) < 4.78 is 41.9. The molecule has 1 aromatic heterocycles. The monoisotopic (exact) mass is 404 g/mol. The molecule has 7 nitrogen and oxygen atoms in total. The molecule has 1 heterocycles. The Morgan fingerprint density at radius 3 is 2.36 bits per heavy atom. The highest BCUT2D eigenvalue weighted by Crippen LogP contribution is 2.28. The van der Waals surface area contributed by atoms with Crippen molar-refractivity contribution in [3.05, 3.63) is 29.6 Å². The number of nitrogens with two attached hydrogens (primary N) is 1. The summed E-state index contributed by atoms with van der Waals surface area (Å²) in [5, 5.41) is 4.88. The molecule has 4 N–H and O–H groups in total. The maximum atomic E-state index is 12.3. The van der Waals surface area contributed by atoms with Crippen molar-refractivity contribution < 1.29 is 27.2 Å². The predicted octanol–water partition coefficient (Wildman–Crippen LogP) is 2.46. The van der Waals surface area contributed by atoms with E-state index < -0.39 is 35.4 Å². The molecule has 1 aromatic rings. The fourth-order valence-corrected chi connectivity index (χ4v) is 2.19. The summed E-state index contributed by atoms with van der Waals surface area (Å²) in [6, 6.07) is 0. The number of rotatable bonds is 8. The Kier molecular flexibility index (Phi) is 7.41. The minimum Gasteiger partial charge on any atom is -0.445 e. The first-order chi connectivity index (χ1) is 12.6. The SMILES string of the molecule is Cc1ncc(C(C)(C)C(N)=CC(=O)NC(=O)C(C)(C)NCCCC(F)(F)F)o1. The summed E-state index contributed by atoms with van der Waals surface area (Å²) in [6.45, 7) is 8.06. The Bertz CT molecular complexity index is 737. The largest absolute Gasteiger partial charge is 0.445 e. The number of aryl methyl sites for hydroxylation is 1. The first kappa shape index (κ1) is 23.7. The molecule has 0 saturated heterocycles. The molecule has 0 aromatic carbocycles. The Hall–Kier alpha value is -2.36. The van der Waals surface area contributed by atoms with Crippen LogP contribution < -0.4 is 16.4 Å². The lowest BCUT2D eigenvalue weighted by molar-refractivity contribution is -0.135. The second kappa shape index (κ2) is 8.76. The van der Waals surface area contributed by atoms with Crippen LogP contribution in [0, 0.1) is 6.92 Å². The van der Waals surface area contributed by atoms with Crippen LogP contribution in [-0.2, 0) is 15.0 Å². The molecule has 0 aliphatic rings. The molecule has 0 bridgehead atoms. The molecule has 28 heavy (non-hydrogen) atoms. The van der Waals surface area contributed by atoms with Crippen LogP contribution in [0.25, 0.3) is 0 Å². The van der Waals surface area contributed by atoms with Crippen LogP contribution in [0.5, 0.6) is 0 Å². The number of imide groups is 1. The lowest BCUT2D eigenvalue weighted by Gasteiger charge is -2.25. The number of amides is 2. The van der Waals surface area contributed by atoms with Gasteiger partial charge in [0.25, 0.3) is 5.91 Å². The third-order valence-electron chi connectivity index (χ3n) is 4.25. The molecular formula is C18H27F3N4O3. The molecule has 0 spiro atoms. The van der Waals surface area contributed by atoms with Gasteiger partial charge in [-0.15, -0.1) is 0 Å². The Balaban J connectivity index is 2.67. The van der Waals surface area contributed by atoms with Gasteiger partial charge in [-0.3, -0.25) is 14.9 Å². The van der Waals surface area contributed by atoms with E-state index in [2.05, 4.69) is 15.6 Å². The van der Waals surface area contributed by atoms with Gasteiger partial charge in [0.05, 0.1) is 17.2 Å². The molecule has 0 radical (unpaired) electrons. The van der Waals surface area contributed by atoms with Gasteiger partial charge in [0.1, 0.15) is 5.76 Å². The number of oxazole rings is 1. The summed E-state index contributed by atoms with van der Waals surface area (Å²) in [4.78, 5) is 28.4. The van der Waals surface area contributed by atoms with E-state index in [1.165, 1.54) is 20.0 Å². The summed E-state index contributed by atoms with van der Waals surface area (Å²) >= 11 is 0. The maximum absolute atomic E-state index is 12.3. The zero-order chi connectivity index (χ0) is 21.8. The van der Waals surface area contributed by atoms with Gasteiger partial charge < -0.3 is 15.5 Å². The molecule has 0 fully saturated rings. The quantitative estimate of drug-likeness (QED) is 0.454. The molecule has 2 amide bonds. The number of allylic oxidation sites excluding steroid dienone is 1. The first-order valence-corrected chi connectivity index (χ1v) is 8.73. The fourth-order valence-electron chi connectivity index (χ4n) is 2.19. The molecule has 158 valence electrons. The van der Waals surface area contributed by atoms with Gasteiger partial charge >= 0.3 is 6.18 Å². The highest BCUT2D eigenvalue weighted by Gasteiger charge is 2.31. The van der Waals surface area contributed by atoms with Crippen LogP contribution in [0.1, 0.15) is 52.2 Å². The average Bonchev–Trinajstić information content (AvgIpc) is 2.97. The van der Waals surface area contributed by atoms with Crippen LogP contribution in [0.2, 0.25) is 0 Å². The van der Waals surface area contributed by atoms with Gasteiger partial charge in [0.2, 0.25) is 5.91 Å². The molecule has 0 atom stereocenters. The topological polar surface area (TPSA) is 110 Å². The van der Waals surface area contributed by atoms with Crippen LogP contribution in [0.4, 0.5) is 13.2 Å². The maximum Gasteiger partial charge on any atom is 0.389 e. The van der Waals surface area contributed by atoms with Crippen LogP contribution in [0.15, 0.2) is 22.4 Å². The molecule has 10 heteroatoms. The van der Waals surface area contributed by atoms with E-state index in [1.807, 2.05) is 0 Å². The van der Waals surface area contributed by atoms with Crippen molar-refractivity contribution >= 4 is 11.8 Å². The van der Waals surface area contributed by atoms with Gasteiger partial charge in [-0.2, -0.15) is 13.2 Å². The zero-order valence-electron chi connectivity index (χ0n) is 16.7. The van der Waals surface area contributed by atoms with Crippen molar-refractivity contribution in [2.24, 2.45) is 5.73 Å². The lowest BCUT2D eigenvalue weighted by Crippen LogP contribution is -2.54. The van der Waals surface area contributed by atoms with Gasteiger partial charge in [0, 0.05) is 25.1 Å². The predicted molar refractivity (Wildman–Crippen MR) is 97.1 cm³/mol. The van der Waals surface area contributed by atoms with Crippen LogP contribution >= 0.6 is 0 Å². The van der Waals surface area contributed by atoms with Crippen molar-refractivity contribution in [3.63, 3.8) is 0 Å². The molecule has 0 aliphatic heterocycles. The van der Waals surface area contributed by atoms with Crippen LogP contribution in [-0.4, -0.2) is 35.1 Å². The normalized spacial score (nSPS) is 13.5. The van der Waals surface area contributed by atoms with Gasteiger partial charge in [0.15, 0.2) is 5.89 Å². The van der Waals surface area contributed by atoms with Crippen molar-refractivity contribution in [3.8, 4) is 0 Å². The molecule has 0 aliphatic carbocycles. The van der Waals surface area contributed by atoms with E-state index in [4.69, 9.17) is 10.2 Å². The number of nitrogens with one attached hydrogen (secondary N) is 2. The highest BCUT2D eigenvalue weighted by molar-refractivity contribution is 6.04. The van der Waals surface area contributed by atoms with E-state index in [-0.39, 0.29) is 18.7 Å². The van der Waals surface area contributed by atoms with Crippen LogP contribution in [0.3, 0.4) is 0 Å². The fraction of sp³-hybridized carbons (Fsp3) is 0.611. The smallest absolute Gasteiger partial charge is 0.389 e. The number of aromatic nitrogens is 1. The second-order valence-corrected chi connectivity index (χ2v) is 7.56. The van der Waals surface area contributed by atoms with E-state index in [9.17, 15) is 22.8 Å². The zero-order valence-corrected chi connectivity index (χ0v) is 16.7. The standard InChI is InChI=1S/C18H27F3N4O3/c1-11-23-10-13(28-11)16(2,3)12(22)9-14(26)25-15(27)17(4,5)24-8-6-7-18(19,20)21/h9-10,24H,6-8,22H2,1-5H3,(H,25,26,27). The number of hydrogen-bond donors (Lipinski definition) is 3. The summed E-state index contributed by atoms with van der Waals surface area (Å²) in [7, 11) is 0. The summed E-state index contributed by atoms with van der Waals surface area (Å²) in [5.74, 6) is -0.503. The number of hydrogen-bond acceptors (Lipinski definition) is 6. The number of nitrogens with zero attached hydrogens (tertiary/aromatic N) is 1. The van der Waals surface area contributed by atoms with Crippen molar-refractivity contribution in [1.82, 2.24) is 15.6 Å². The Morgan fingerprint density at radius 2 is 1.86 bits per heavy atom. The van der Waals surface area contributed by atoms with E-state index in [0.717, 1.165) is 6.08 Å². The third kappa shape index (κ3) is 6.99. The van der Waals surface area contributed by atoms with Crippen molar-refractivity contribution in [1.29, 1.82) is 0 Å². The van der Waals surface area contributed by atoms with E-state index in [0.29, 0.717) is 11.7 Å².